The van der Waals surface area contributed by atoms with Crippen LogP contribution >= 0.6 is 0 Å². The first-order valence-corrected chi connectivity index (χ1v) is 15.5. The Bertz CT molecular complexity index is 1190. The van der Waals surface area contributed by atoms with Gasteiger partial charge in [0.25, 0.3) is 0 Å². The highest BCUT2D eigenvalue weighted by Gasteiger charge is 2.39. The second kappa shape index (κ2) is 16.8. The maximum absolute atomic E-state index is 13.7. The number of nitrogens with one attached hydrogen (secondary N) is 1. The smallest absolute Gasteiger partial charge is 0.246 e. The van der Waals surface area contributed by atoms with Gasteiger partial charge < -0.3 is 29.3 Å². The zero-order valence-corrected chi connectivity index (χ0v) is 26.7. The maximum atomic E-state index is 13.7. The topological polar surface area (TPSA) is 97.4 Å². The number of ether oxygens (including phenoxy) is 3. The summed E-state index contributed by atoms with van der Waals surface area (Å²) in [6, 6.07) is 11.1. The summed E-state index contributed by atoms with van der Waals surface area (Å²) in [5.41, 5.74) is 2.76. The fourth-order valence-electron chi connectivity index (χ4n) is 5.54. The van der Waals surface area contributed by atoms with Gasteiger partial charge >= 0.3 is 0 Å². The highest BCUT2D eigenvalue weighted by Crippen LogP contribution is 2.41. The van der Waals surface area contributed by atoms with E-state index in [4.69, 9.17) is 14.2 Å². The lowest BCUT2D eigenvalue weighted by Crippen LogP contribution is -2.62. The summed E-state index contributed by atoms with van der Waals surface area (Å²) in [6.07, 6.45) is 7.56. The van der Waals surface area contributed by atoms with E-state index >= 15 is 0 Å². The average molecular weight is 596 g/mol. The van der Waals surface area contributed by atoms with Crippen LogP contribution < -0.4 is 19.5 Å². The van der Waals surface area contributed by atoms with Crippen LogP contribution in [0.5, 0.6) is 17.2 Å². The quantitative estimate of drug-likeness (QED) is 0.252. The first kappa shape index (κ1) is 33.7. The van der Waals surface area contributed by atoms with E-state index in [1.807, 2.05) is 43.3 Å². The molecular formula is C34H49N3O6. The number of methoxy groups -OCH3 is 3. The molecule has 2 aromatic carbocycles. The summed E-state index contributed by atoms with van der Waals surface area (Å²) in [4.78, 5) is 42.9. The minimum atomic E-state index is -0.654. The summed E-state index contributed by atoms with van der Waals surface area (Å²) in [5, 5.41) is 3.01. The van der Waals surface area contributed by atoms with Gasteiger partial charge in [0, 0.05) is 19.0 Å². The molecule has 3 rings (SSSR count). The second-order valence-corrected chi connectivity index (χ2v) is 11.3. The molecule has 0 bridgehead atoms. The number of benzene rings is 2. The van der Waals surface area contributed by atoms with E-state index in [9.17, 15) is 14.4 Å². The molecule has 43 heavy (non-hydrogen) atoms. The van der Waals surface area contributed by atoms with E-state index in [0.717, 1.165) is 48.8 Å². The van der Waals surface area contributed by atoms with Gasteiger partial charge in [0.2, 0.25) is 23.5 Å². The number of carbonyl (C=O) groups is 3. The predicted octanol–water partition coefficient (Wildman–Crippen LogP) is 5.24. The van der Waals surface area contributed by atoms with E-state index in [0.29, 0.717) is 30.2 Å². The Balaban J connectivity index is 1.75. The van der Waals surface area contributed by atoms with Crippen LogP contribution in [0.2, 0.25) is 0 Å². The number of carbonyl (C=O) groups excluding carboxylic acids is 3. The highest BCUT2D eigenvalue weighted by molar-refractivity contribution is 5.97. The molecule has 0 radical (unpaired) electrons. The van der Waals surface area contributed by atoms with E-state index in [1.165, 1.54) is 17.7 Å². The van der Waals surface area contributed by atoms with Gasteiger partial charge in [-0.15, -0.1) is 0 Å². The van der Waals surface area contributed by atoms with Crippen molar-refractivity contribution in [1.29, 1.82) is 0 Å². The number of hydrogen-bond acceptors (Lipinski definition) is 6. The molecule has 2 atom stereocenters. The predicted molar refractivity (Wildman–Crippen MR) is 169 cm³/mol. The van der Waals surface area contributed by atoms with Gasteiger partial charge in [-0.3, -0.25) is 14.4 Å². The summed E-state index contributed by atoms with van der Waals surface area (Å²) >= 11 is 0. The summed E-state index contributed by atoms with van der Waals surface area (Å²) < 4.78 is 16.4. The Morgan fingerprint density at radius 1 is 0.907 bits per heavy atom. The molecule has 3 amide bonds. The molecule has 9 heteroatoms. The summed E-state index contributed by atoms with van der Waals surface area (Å²) in [6.45, 7) is 6.56. The number of amides is 3. The monoisotopic (exact) mass is 595 g/mol. The summed E-state index contributed by atoms with van der Waals surface area (Å²) in [5.74, 6) is 1.13. The molecule has 1 fully saturated rings. The van der Waals surface area contributed by atoms with Crippen LogP contribution in [0.3, 0.4) is 0 Å². The fourth-order valence-corrected chi connectivity index (χ4v) is 5.54. The number of hydrogen-bond donors (Lipinski definition) is 1. The van der Waals surface area contributed by atoms with E-state index < -0.39 is 6.04 Å². The number of piperazine rings is 1. The molecule has 236 valence electrons. The Kier molecular flexibility index (Phi) is 13.2. The van der Waals surface area contributed by atoms with Crippen molar-refractivity contribution in [3.63, 3.8) is 0 Å². The van der Waals surface area contributed by atoms with Crippen molar-refractivity contribution < 1.29 is 28.6 Å². The standard InChI is InChI=1S/C34H49N3O6/c1-7-9-11-12-13-24(3)35-31(38)22-36-23-32(39)37(18-10-8-2)28(34(36)40)19-25-14-16-26(17-15-25)27-20-29(41-4)33(43-6)30(21-27)42-5/h14-17,20-21,24,28H,7-13,18-19,22-23H2,1-6H3,(H,35,38). The third-order valence-electron chi connectivity index (χ3n) is 7.99. The maximum Gasteiger partial charge on any atom is 0.246 e. The lowest BCUT2D eigenvalue weighted by molar-refractivity contribution is -0.157. The van der Waals surface area contributed by atoms with Crippen molar-refractivity contribution in [2.24, 2.45) is 0 Å². The third kappa shape index (κ3) is 9.12. The summed E-state index contributed by atoms with van der Waals surface area (Å²) in [7, 11) is 4.73. The molecule has 0 saturated carbocycles. The average Bonchev–Trinajstić information content (AvgIpc) is 3.00. The normalized spacial score (nSPS) is 15.8. The van der Waals surface area contributed by atoms with Crippen molar-refractivity contribution in [1.82, 2.24) is 15.1 Å². The van der Waals surface area contributed by atoms with Crippen LogP contribution in [0.15, 0.2) is 36.4 Å². The molecule has 2 unspecified atom stereocenters. The third-order valence-corrected chi connectivity index (χ3v) is 7.99. The van der Waals surface area contributed by atoms with Gasteiger partial charge in [0.05, 0.1) is 21.3 Å². The molecule has 0 spiro atoms. The minimum absolute atomic E-state index is 0.0287. The highest BCUT2D eigenvalue weighted by atomic mass is 16.5. The molecule has 1 aliphatic heterocycles. The van der Waals surface area contributed by atoms with E-state index in [2.05, 4.69) is 19.2 Å². The molecule has 1 heterocycles. The van der Waals surface area contributed by atoms with Crippen molar-refractivity contribution in [3.05, 3.63) is 42.0 Å². The molecule has 1 saturated heterocycles. The van der Waals surface area contributed by atoms with Gasteiger partial charge in [-0.25, -0.2) is 0 Å². The molecule has 0 aliphatic carbocycles. The van der Waals surface area contributed by atoms with E-state index in [-0.39, 0.29) is 36.9 Å². The minimum Gasteiger partial charge on any atom is -0.493 e. The Hall–Kier alpha value is -3.75. The zero-order chi connectivity index (χ0) is 31.4. The van der Waals surface area contributed by atoms with Crippen molar-refractivity contribution in [3.8, 4) is 28.4 Å². The first-order valence-electron chi connectivity index (χ1n) is 15.5. The van der Waals surface area contributed by atoms with Crippen LogP contribution in [0.25, 0.3) is 11.1 Å². The van der Waals surface area contributed by atoms with Crippen LogP contribution in [-0.2, 0) is 20.8 Å². The van der Waals surface area contributed by atoms with Gasteiger partial charge in [-0.1, -0.05) is 70.2 Å². The SMILES string of the molecule is CCCCCCC(C)NC(=O)CN1CC(=O)N(CCCC)C(Cc2ccc(-c3cc(OC)c(OC)c(OC)c3)cc2)C1=O. The molecule has 9 nitrogen and oxygen atoms in total. The number of unbranched alkanes of at least 4 members (excludes halogenated alkanes) is 4. The van der Waals surface area contributed by atoms with Crippen LogP contribution in [0.4, 0.5) is 0 Å². The van der Waals surface area contributed by atoms with Crippen LogP contribution in [-0.4, -0.2) is 80.6 Å². The largest absolute Gasteiger partial charge is 0.493 e. The van der Waals surface area contributed by atoms with Crippen LogP contribution in [0, 0.1) is 0 Å². The Morgan fingerprint density at radius 3 is 2.14 bits per heavy atom. The fraction of sp³-hybridized carbons (Fsp3) is 0.559. The number of nitrogens with zero attached hydrogens (tertiary/aromatic N) is 2. The van der Waals surface area contributed by atoms with Gasteiger partial charge in [0.1, 0.15) is 19.1 Å². The molecule has 1 aliphatic rings. The van der Waals surface area contributed by atoms with E-state index in [1.54, 1.807) is 26.2 Å². The van der Waals surface area contributed by atoms with Gasteiger partial charge in [0.15, 0.2) is 11.5 Å². The first-order chi connectivity index (χ1) is 20.8. The van der Waals surface area contributed by atoms with Crippen molar-refractivity contribution in [2.75, 3.05) is 41.0 Å². The van der Waals surface area contributed by atoms with Crippen LogP contribution in [0.1, 0.15) is 71.3 Å². The van der Waals surface area contributed by atoms with Crippen molar-refractivity contribution in [2.45, 2.75) is 84.2 Å². The molecule has 1 N–H and O–H groups in total. The lowest BCUT2D eigenvalue weighted by atomic mass is 9.97. The van der Waals surface area contributed by atoms with Crippen molar-refractivity contribution >= 4 is 17.7 Å². The Morgan fingerprint density at radius 2 is 1.56 bits per heavy atom. The molecule has 2 aromatic rings. The zero-order valence-electron chi connectivity index (χ0n) is 26.7. The Labute approximate surface area is 256 Å². The molecular weight excluding hydrogens is 546 g/mol. The molecule has 0 aromatic heterocycles. The van der Waals surface area contributed by atoms with Gasteiger partial charge in [-0.05, 0) is 48.6 Å². The number of rotatable bonds is 17. The van der Waals surface area contributed by atoms with Gasteiger partial charge in [-0.2, -0.15) is 0 Å². The lowest BCUT2D eigenvalue weighted by Gasteiger charge is -2.40. The second-order valence-electron chi connectivity index (χ2n) is 11.3.